The van der Waals surface area contributed by atoms with Gasteiger partial charge in [0.1, 0.15) is 0 Å². The largest absolute Gasteiger partial charge is 0.338 e. The summed E-state index contributed by atoms with van der Waals surface area (Å²) in [5.41, 5.74) is 0.0244. The van der Waals surface area contributed by atoms with Gasteiger partial charge in [0.15, 0.2) is 5.82 Å². The van der Waals surface area contributed by atoms with E-state index in [1.165, 1.54) is 44.9 Å². The molecule has 0 bridgehead atoms. The van der Waals surface area contributed by atoms with Gasteiger partial charge in [-0.2, -0.15) is 4.98 Å². The second-order valence-corrected chi connectivity index (χ2v) is 8.19. The summed E-state index contributed by atoms with van der Waals surface area (Å²) < 4.78 is 5.55. The van der Waals surface area contributed by atoms with E-state index in [4.69, 9.17) is 4.52 Å². The van der Waals surface area contributed by atoms with Crippen molar-refractivity contribution in [1.82, 2.24) is 19.9 Å². The van der Waals surface area contributed by atoms with Crippen LogP contribution in [-0.4, -0.2) is 51.0 Å². The average Bonchev–Trinajstić information content (AvgIpc) is 3.26. The molecule has 4 rings (SSSR count). The molecular weight excluding hydrogens is 316 g/mol. The third-order valence-corrected chi connectivity index (χ3v) is 6.46. The Hall–Kier alpha value is -1.43. The Balaban J connectivity index is 1.43. The fourth-order valence-corrected chi connectivity index (χ4v) is 5.20. The number of hydrogen-bond acceptors (Lipinski definition) is 5. The van der Waals surface area contributed by atoms with Crippen molar-refractivity contribution < 1.29 is 9.32 Å². The normalized spacial score (nSPS) is 24.9. The van der Waals surface area contributed by atoms with E-state index >= 15 is 0 Å². The monoisotopic (exact) mass is 346 g/mol. The number of nitrogens with zero attached hydrogens (tertiary/aromatic N) is 4. The van der Waals surface area contributed by atoms with Gasteiger partial charge >= 0.3 is 0 Å². The van der Waals surface area contributed by atoms with Gasteiger partial charge in [-0.25, -0.2) is 0 Å². The topological polar surface area (TPSA) is 62.5 Å². The quantitative estimate of drug-likeness (QED) is 0.841. The molecule has 1 saturated heterocycles. The molecule has 2 heterocycles. The molecule has 0 N–H and O–H groups in total. The molecule has 2 aliphatic carbocycles. The van der Waals surface area contributed by atoms with Crippen LogP contribution in [0.15, 0.2) is 4.52 Å². The van der Waals surface area contributed by atoms with Crippen molar-refractivity contribution in [3.8, 4) is 0 Å². The van der Waals surface area contributed by atoms with E-state index in [-0.39, 0.29) is 11.4 Å². The lowest BCUT2D eigenvalue weighted by atomic mass is 9.78. The van der Waals surface area contributed by atoms with Crippen LogP contribution in [0, 0.1) is 0 Å². The molecular formula is C19H30N4O2. The summed E-state index contributed by atoms with van der Waals surface area (Å²) in [6.45, 7) is 5.08. The average molecular weight is 346 g/mol. The molecule has 0 unspecified atom stereocenters. The predicted molar refractivity (Wildman–Crippen MR) is 94.0 cm³/mol. The first-order chi connectivity index (χ1) is 12.2. The van der Waals surface area contributed by atoms with Crippen molar-refractivity contribution >= 4 is 5.91 Å². The van der Waals surface area contributed by atoms with Crippen LogP contribution in [-0.2, 0) is 11.3 Å². The third kappa shape index (κ3) is 3.46. The summed E-state index contributed by atoms with van der Waals surface area (Å²) in [6, 6.07) is 0. The van der Waals surface area contributed by atoms with Crippen LogP contribution in [0.25, 0.3) is 0 Å². The summed E-state index contributed by atoms with van der Waals surface area (Å²) in [6.07, 6.45) is 10.9. The van der Waals surface area contributed by atoms with Gasteiger partial charge in [0.05, 0.1) is 12.1 Å². The van der Waals surface area contributed by atoms with Crippen molar-refractivity contribution in [2.24, 2.45) is 0 Å². The highest BCUT2D eigenvalue weighted by molar-refractivity contribution is 5.74. The van der Waals surface area contributed by atoms with Crippen LogP contribution in [0.2, 0.25) is 0 Å². The summed E-state index contributed by atoms with van der Waals surface area (Å²) in [5.74, 6) is 2.37. The molecule has 0 atom stereocenters. The Bertz CT molecular complexity index is 602. The summed E-state index contributed by atoms with van der Waals surface area (Å²) in [7, 11) is 0. The first-order valence-electron chi connectivity index (χ1n) is 9.99. The molecule has 3 aliphatic rings. The minimum Gasteiger partial charge on any atom is -0.338 e. The Morgan fingerprint density at radius 1 is 1.16 bits per heavy atom. The van der Waals surface area contributed by atoms with E-state index in [0.29, 0.717) is 12.5 Å². The summed E-state index contributed by atoms with van der Waals surface area (Å²) in [5, 5.41) is 4.23. The van der Waals surface area contributed by atoms with Gasteiger partial charge in [-0.3, -0.25) is 9.69 Å². The van der Waals surface area contributed by atoms with Gasteiger partial charge in [-0.05, 0) is 25.7 Å². The Kier molecular flexibility index (Phi) is 4.80. The lowest BCUT2D eigenvalue weighted by Gasteiger charge is -2.52. The van der Waals surface area contributed by atoms with Crippen LogP contribution in [0.5, 0.6) is 0 Å². The third-order valence-electron chi connectivity index (χ3n) is 6.46. The predicted octanol–water partition coefficient (Wildman–Crippen LogP) is 3.09. The molecule has 1 amide bonds. The zero-order chi connectivity index (χ0) is 17.3. The van der Waals surface area contributed by atoms with Crippen LogP contribution >= 0.6 is 0 Å². The molecule has 1 aromatic rings. The number of piperazine rings is 1. The van der Waals surface area contributed by atoms with Gasteiger partial charge in [-0.15, -0.1) is 0 Å². The molecule has 6 nitrogen and oxygen atoms in total. The highest BCUT2D eigenvalue weighted by atomic mass is 16.5. The lowest BCUT2D eigenvalue weighted by Crippen LogP contribution is -2.63. The number of carbonyl (C=O) groups excluding carboxylic acids is 1. The Morgan fingerprint density at radius 3 is 2.64 bits per heavy atom. The van der Waals surface area contributed by atoms with Crippen LogP contribution in [0.4, 0.5) is 0 Å². The van der Waals surface area contributed by atoms with Gasteiger partial charge < -0.3 is 9.42 Å². The standard InChI is InChI=1S/C19H30N4O2/c1-15(24)23-12-11-22(14-19(23)9-5-2-6-10-19)13-17-20-18(21-25-17)16-7-3-4-8-16/h16H,2-14H2,1H3. The van der Waals surface area contributed by atoms with Crippen LogP contribution < -0.4 is 0 Å². The molecule has 0 aromatic carbocycles. The number of carbonyl (C=O) groups is 1. The van der Waals surface area contributed by atoms with E-state index in [9.17, 15) is 4.79 Å². The van der Waals surface area contributed by atoms with Crippen molar-refractivity contribution in [3.05, 3.63) is 11.7 Å². The van der Waals surface area contributed by atoms with E-state index in [1.807, 2.05) is 0 Å². The Morgan fingerprint density at radius 2 is 1.92 bits per heavy atom. The van der Waals surface area contributed by atoms with Gasteiger partial charge in [-0.1, -0.05) is 37.3 Å². The maximum absolute atomic E-state index is 12.2. The van der Waals surface area contributed by atoms with Crippen molar-refractivity contribution in [3.63, 3.8) is 0 Å². The van der Waals surface area contributed by atoms with Gasteiger partial charge in [0.25, 0.3) is 0 Å². The molecule has 138 valence electrons. The molecule has 1 aliphatic heterocycles. The number of hydrogen-bond donors (Lipinski definition) is 0. The zero-order valence-corrected chi connectivity index (χ0v) is 15.4. The fourth-order valence-electron chi connectivity index (χ4n) is 5.20. The molecule has 25 heavy (non-hydrogen) atoms. The van der Waals surface area contributed by atoms with Crippen LogP contribution in [0.3, 0.4) is 0 Å². The van der Waals surface area contributed by atoms with E-state index < -0.39 is 0 Å². The van der Waals surface area contributed by atoms with Crippen molar-refractivity contribution in [1.29, 1.82) is 0 Å². The van der Waals surface area contributed by atoms with Crippen molar-refractivity contribution in [2.75, 3.05) is 19.6 Å². The minimum absolute atomic E-state index is 0.0244. The molecule has 1 aromatic heterocycles. The zero-order valence-electron chi connectivity index (χ0n) is 15.4. The van der Waals surface area contributed by atoms with Gasteiger partial charge in [0, 0.05) is 32.5 Å². The first kappa shape index (κ1) is 17.0. The molecule has 0 radical (unpaired) electrons. The molecule has 2 saturated carbocycles. The maximum atomic E-state index is 12.2. The SMILES string of the molecule is CC(=O)N1CCN(Cc2nc(C3CCCC3)no2)CC12CCCCC2. The van der Waals surface area contributed by atoms with E-state index in [2.05, 4.69) is 19.9 Å². The van der Waals surface area contributed by atoms with Gasteiger partial charge in [0.2, 0.25) is 11.8 Å². The smallest absolute Gasteiger partial charge is 0.240 e. The second kappa shape index (κ2) is 7.06. The highest BCUT2D eigenvalue weighted by Crippen LogP contribution is 2.37. The molecule has 3 fully saturated rings. The number of rotatable bonds is 3. The van der Waals surface area contributed by atoms with Crippen LogP contribution in [0.1, 0.15) is 82.3 Å². The lowest BCUT2D eigenvalue weighted by molar-refractivity contribution is -0.142. The minimum atomic E-state index is 0.0244. The maximum Gasteiger partial charge on any atom is 0.240 e. The summed E-state index contributed by atoms with van der Waals surface area (Å²) >= 11 is 0. The number of aromatic nitrogens is 2. The van der Waals surface area contributed by atoms with Crippen molar-refractivity contribution in [2.45, 2.75) is 82.7 Å². The first-order valence-corrected chi connectivity index (χ1v) is 9.99. The Labute approximate surface area is 149 Å². The molecule has 6 heteroatoms. The van der Waals surface area contributed by atoms with E-state index in [1.54, 1.807) is 6.92 Å². The highest BCUT2D eigenvalue weighted by Gasteiger charge is 2.43. The number of amides is 1. The second-order valence-electron chi connectivity index (χ2n) is 8.19. The summed E-state index contributed by atoms with van der Waals surface area (Å²) in [4.78, 5) is 21.4. The fraction of sp³-hybridized carbons (Fsp3) is 0.842. The van der Waals surface area contributed by atoms with E-state index in [0.717, 1.165) is 44.2 Å². The molecule has 1 spiro atoms.